The molecule has 0 amide bonds. The summed E-state index contributed by atoms with van der Waals surface area (Å²) in [6, 6.07) is 3.65. The predicted molar refractivity (Wildman–Crippen MR) is 67.9 cm³/mol. The Hall–Kier alpha value is -2.88. The molecule has 0 fully saturated rings. The number of ether oxygens (including phenoxy) is 2. The Kier molecular flexibility index (Phi) is 5.23. The monoisotopic (exact) mass is 277 g/mol. The van der Waals surface area contributed by atoms with E-state index in [0.29, 0.717) is 0 Å². The zero-order valence-electron chi connectivity index (χ0n) is 10.8. The van der Waals surface area contributed by atoms with Gasteiger partial charge in [0.05, 0.1) is 24.7 Å². The molecule has 0 aliphatic carbocycles. The summed E-state index contributed by atoms with van der Waals surface area (Å²) in [4.78, 5) is 32.4. The number of esters is 2. The molecule has 0 atom stereocenters. The van der Waals surface area contributed by atoms with E-state index in [0.717, 1.165) is 6.07 Å². The molecule has 1 aromatic rings. The third kappa shape index (κ3) is 4.10. The fourth-order valence-corrected chi connectivity index (χ4v) is 1.32. The second kappa shape index (κ2) is 6.89. The minimum Gasteiger partial charge on any atom is -0.468 e. The van der Waals surface area contributed by atoms with Gasteiger partial charge in [0, 0.05) is 17.7 Å². The Morgan fingerprint density at radius 1 is 1.25 bits per heavy atom. The van der Waals surface area contributed by atoms with Gasteiger partial charge in [0.25, 0.3) is 5.69 Å². The normalized spacial score (nSPS) is 9.10. The van der Waals surface area contributed by atoms with Crippen molar-refractivity contribution >= 4 is 17.6 Å². The Bertz CT molecular complexity index is 611. The minimum absolute atomic E-state index is 0.0177. The van der Waals surface area contributed by atoms with Gasteiger partial charge in [-0.1, -0.05) is 11.8 Å². The number of rotatable bonds is 3. The van der Waals surface area contributed by atoms with Gasteiger partial charge in [-0.15, -0.1) is 0 Å². The molecule has 7 heteroatoms. The summed E-state index contributed by atoms with van der Waals surface area (Å²) in [5.41, 5.74) is -0.0251. The van der Waals surface area contributed by atoms with E-state index in [2.05, 4.69) is 21.3 Å². The van der Waals surface area contributed by atoms with Gasteiger partial charge in [0.15, 0.2) is 0 Å². The number of nitro benzene ring substituents is 1. The molecule has 0 saturated heterocycles. The molecule has 20 heavy (non-hydrogen) atoms. The lowest BCUT2D eigenvalue weighted by molar-refractivity contribution is -0.384. The van der Waals surface area contributed by atoms with Crippen LogP contribution in [0, 0.1) is 22.0 Å². The summed E-state index contributed by atoms with van der Waals surface area (Å²) in [7, 11) is 2.40. The maximum Gasteiger partial charge on any atom is 0.338 e. The molecule has 0 aromatic heterocycles. The number of carbonyl (C=O) groups is 2. The van der Waals surface area contributed by atoms with Crippen LogP contribution in [-0.4, -0.2) is 31.1 Å². The van der Waals surface area contributed by atoms with Crippen LogP contribution in [0.4, 0.5) is 5.69 Å². The lowest BCUT2D eigenvalue weighted by Gasteiger charge is -2.00. The van der Waals surface area contributed by atoms with Crippen LogP contribution in [0.1, 0.15) is 22.3 Å². The maximum atomic E-state index is 11.4. The van der Waals surface area contributed by atoms with Crippen LogP contribution >= 0.6 is 0 Å². The van der Waals surface area contributed by atoms with E-state index in [9.17, 15) is 19.7 Å². The third-order valence-electron chi connectivity index (χ3n) is 2.24. The van der Waals surface area contributed by atoms with E-state index in [4.69, 9.17) is 0 Å². The molecular weight excluding hydrogens is 266 g/mol. The van der Waals surface area contributed by atoms with Crippen molar-refractivity contribution in [1.29, 1.82) is 0 Å². The van der Waals surface area contributed by atoms with Crippen molar-refractivity contribution in [2.45, 2.75) is 6.42 Å². The first-order valence-electron chi connectivity index (χ1n) is 5.41. The molecule has 0 radical (unpaired) electrons. The number of hydrogen-bond donors (Lipinski definition) is 0. The van der Waals surface area contributed by atoms with E-state index >= 15 is 0 Å². The molecule has 0 saturated carbocycles. The number of methoxy groups -OCH3 is 2. The topological polar surface area (TPSA) is 95.7 Å². The predicted octanol–water partition coefficient (Wildman–Crippen LogP) is 1.30. The zero-order valence-corrected chi connectivity index (χ0v) is 10.8. The molecule has 0 spiro atoms. The SMILES string of the molecule is COC(=O)CC#Cc1cc(C(=O)OC)cc([N+](=O)[O-])c1. The van der Waals surface area contributed by atoms with E-state index in [1.807, 2.05) is 0 Å². The van der Waals surface area contributed by atoms with Gasteiger partial charge in [-0.05, 0) is 6.07 Å². The highest BCUT2D eigenvalue weighted by Crippen LogP contribution is 2.17. The lowest BCUT2D eigenvalue weighted by Crippen LogP contribution is -2.03. The number of carbonyl (C=O) groups excluding carboxylic acids is 2. The Balaban J connectivity index is 3.12. The Morgan fingerprint density at radius 3 is 2.50 bits per heavy atom. The molecule has 0 N–H and O–H groups in total. The van der Waals surface area contributed by atoms with Gasteiger partial charge in [0.2, 0.25) is 0 Å². The van der Waals surface area contributed by atoms with Crippen molar-refractivity contribution in [3.05, 3.63) is 39.4 Å². The quantitative estimate of drug-likeness (QED) is 0.357. The van der Waals surface area contributed by atoms with E-state index in [-0.39, 0.29) is 23.2 Å². The zero-order chi connectivity index (χ0) is 15.1. The fourth-order valence-electron chi connectivity index (χ4n) is 1.32. The van der Waals surface area contributed by atoms with Crippen molar-refractivity contribution in [3.63, 3.8) is 0 Å². The van der Waals surface area contributed by atoms with Crippen molar-refractivity contribution in [2.24, 2.45) is 0 Å². The van der Waals surface area contributed by atoms with Crippen LogP contribution in [0.3, 0.4) is 0 Å². The van der Waals surface area contributed by atoms with Crippen LogP contribution in [-0.2, 0) is 14.3 Å². The first-order chi connectivity index (χ1) is 9.47. The second-order valence-electron chi connectivity index (χ2n) is 3.57. The van der Waals surface area contributed by atoms with Crippen molar-refractivity contribution in [3.8, 4) is 11.8 Å². The molecule has 0 unspecified atom stereocenters. The van der Waals surface area contributed by atoms with Crippen LogP contribution in [0.2, 0.25) is 0 Å². The second-order valence-corrected chi connectivity index (χ2v) is 3.57. The highest BCUT2D eigenvalue weighted by atomic mass is 16.6. The third-order valence-corrected chi connectivity index (χ3v) is 2.24. The highest BCUT2D eigenvalue weighted by Gasteiger charge is 2.14. The highest BCUT2D eigenvalue weighted by molar-refractivity contribution is 5.90. The van der Waals surface area contributed by atoms with E-state index < -0.39 is 16.9 Å². The number of benzene rings is 1. The van der Waals surface area contributed by atoms with E-state index in [1.165, 1.54) is 26.4 Å². The van der Waals surface area contributed by atoms with Crippen molar-refractivity contribution < 1.29 is 24.0 Å². The number of nitrogens with zero attached hydrogens (tertiary/aromatic N) is 1. The van der Waals surface area contributed by atoms with Crippen LogP contribution in [0.25, 0.3) is 0 Å². The largest absolute Gasteiger partial charge is 0.468 e. The van der Waals surface area contributed by atoms with E-state index in [1.54, 1.807) is 0 Å². The Labute approximate surface area is 114 Å². The van der Waals surface area contributed by atoms with Gasteiger partial charge in [-0.2, -0.15) is 0 Å². The smallest absolute Gasteiger partial charge is 0.338 e. The summed E-state index contributed by atoms with van der Waals surface area (Å²) >= 11 is 0. The fraction of sp³-hybridized carbons (Fsp3) is 0.231. The van der Waals surface area contributed by atoms with Gasteiger partial charge in [0.1, 0.15) is 6.42 Å². The number of non-ortho nitro benzene ring substituents is 1. The molecule has 1 rings (SSSR count). The molecule has 0 bridgehead atoms. The summed E-state index contributed by atoms with van der Waals surface area (Å²) in [6.45, 7) is 0. The summed E-state index contributed by atoms with van der Waals surface area (Å²) < 4.78 is 8.91. The summed E-state index contributed by atoms with van der Waals surface area (Å²) in [5.74, 6) is 3.84. The first-order valence-corrected chi connectivity index (χ1v) is 5.41. The van der Waals surface area contributed by atoms with Crippen molar-refractivity contribution in [1.82, 2.24) is 0 Å². The molecule has 0 aliphatic heterocycles. The van der Waals surface area contributed by atoms with Crippen LogP contribution in [0.15, 0.2) is 18.2 Å². The minimum atomic E-state index is -0.704. The van der Waals surface area contributed by atoms with Gasteiger partial charge in [-0.3, -0.25) is 14.9 Å². The average molecular weight is 277 g/mol. The summed E-state index contributed by atoms with van der Waals surface area (Å²) in [5, 5.41) is 10.8. The molecule has 7 nitrogen and oxygen atoms in total. The standard InChI is InChI=1S/C13H11NO6/c1-19-12(15)5-3-4-9-6-10(13(16)20-2)8-11(7-9)14(17)18/h6-8H,5H2,1-2H3. The number of nitro groups is 1. The Morgan fingerprint density at radius 2 is 1.95 bits per heavy atom. The molecule has 0 aliphatic rings. The average Bonchev–Trinajstić information content (AvgIpc) is 2.45. The maximum absolute atomic E-state index is 11.4. The van der Waals surface area contributed by atoms with Crippen molar-refractivity contribution in [2.75, 3.05) is 14.2 Å². The molecular formula is C13H11NO6. The first kappa shape index (κ1) is 15.2. The molecule has 1 aromatic carbocycles. The number of hydrogen-bond acceptors (Lipinski definition) is 6. The lowest BCUT2D eigenvalue weighted by atomic mass is 10.1. The van der Waals surface area contributed by atoms with Crippen LogP contribution < -0.4 is 0 Å². The molecule has 104 valence electrons. The molecule has 0 heterocycles. The van der Waals surface area contributed by atoms with Crippen LogP contribution in [0.5, 0.6) is 0 Å². The van der Waals surface area contributed by atoms with Gasteiger partial charge >= 0.3 is 11.9 Å². The summed E-state index contributed by atoms with van der Waals surface area (Å²) in [6.07, 6.45) is -0.146. The van der Waals surface area contributed by atoms with Gasteiger partial charge in [-0.25, -0.2) is 4.79 Å². The van der Waals surface area contributed by atoms with Gasteiger partial charge < -0.3 is 9.47 Å².